The molecule has 2 heterocycles. The van der Waals surface area contributed by atoms with E-state index in [1.54, 1.807) is 0 Å². The first-order valence-corrected chi connectivity index (χ1v) is 10.4. The highest BCUT2D eigenvalue weighted by Crippen LogP contribution is 2.29. The average Bonchev–Trinajstić information content (AvgIpc) is 2.77. The first-order chi connectivity index (χ1) is 14.1. The van der Waals surface area contributed by atoms with E-state index < -0.39 is 0 Å². The number of hydrogen-bond donors (Lipinski definition) is 1. The van der Waals surface area contributed by atoms with E-state index in [1.165, 1.54) is 5.69 Å². The standard InChI is InChI=1S/C24H29N3O2/c1-18(26-12-14-27(15-13-26)21-9-4-3-5-10-21)17-25-24(28)22-16-20-8-6-7-11-23(20)29-19(22)2/h3-11,18H,12-17H2,1-2H3,(H,25,28). The Kier molecular flexibility index (Phi) is 5.86. The van der Waals surface area contributed by atoms with E-state index in [0.29, 0.717) is 24.8 Å². The second-order valence-corrected chi connectivity index (χ2v) is 7.84. The van der Waals surface area contributed by atoms with Crippen molar-refractivity contribution in [1.29, 1.82) is 0 Å². The molecule has 0 bridgehead atoms. The quantitative estimate of drug-likeness (QED) is 0.850. The van der Waals surface area contributed by atoms with Crippen LogP contribution in [0.5, 0.6) is 5.75 Å². The minimum Gasteiger partial charge on any atom is -0.461 e. The van der Waals surface area contributed by atoms with Crippen molar-refractivity contribution in [2.45, 2.75) is 26.3 Å². The van der Waals surface area contributed by atoms with Crippen LogP contribution in [-0.4, -0.2) is 49.6 Å². The number of anilines is 1. The van der Waals surface area contributed by atoms with Crippen LogP contribution >= 0.6 is 0 Å². The summed E-state index contributed by atoms with van der Waals surface area (Å²) < 4.78 is 5.85. The van der Waals surface area contributed by atoms with Crippen molar-refractivity contribution in [2.75, 3.05) is 37.6 Å². The number of nitrogens with zero attached hydrogens (tertiary/aromatic N) is 2. The zero-order valence-corrected chi connectivity index (χ0v) is 17.2. The van der Waals surface area contributed by atoms with Gasteiger partial charge >= 0.3 is 0 Å². The van der Waals surface area contributed by atoms with Gasteiger partial charge in [-0.05, 0) is 37.6 Å². The van der Waals surface area contributed by atoms with Crippen LogP contribution in [0, 0.1) is 0 Å². The molecule has 0 aromatic heterocycles. The number of carbonyl (C=O) groups is 1. The fourth-order valence-corrected chi connectivity index (χ4v) is 4.07. The van der Waals surface area contributed by atoms with Gasteiger partial charge in [0, 0.05) is 50.9 Å². The van der Waals surface area contributed by atoms with Gasteiger partial charge in [-0.25, -0.2) is 0 Å². The third kappa shape index (κ3) is 4.46. The van der Waals surface area contributed by atoms with Crippen LogP contribution in [0.3, 0.4) is 0 Å². The number of nitrogens with one attached hydrogen (secondary N) is 1. The van der Waals surface area contributed by atoms with Gasteiger partial charge in [-0.1, -0.05) is 36.4 Å². The van der Waals surface area contributed by atoms with Gasteiger partial charge in [0.1, 0.15) is 11.5 Å². The van der Waals surface area contributed by atoms with Gasteiger partial charge in [-0.15, -0.1) is 0 Å². The van der Waals surface area contributed by atoms with Crippen molar-refractivity contribution < 1.29 is 9.53 Å². The predicted octanol–water partition coefficient (Wildman–Crippen LogP) is 3.22. The molecule has 1 unspecified atom stereocenters. The smallest absolute Gasteiger partial charge is 0.251 e. The Morgan fingerprint density at radius 3 is 2.48 bits per heavy atom. The van der Waals surface area contributed by atoms with Gasteiger partial charge in [0.25, 0.3) is 5.91 Å². The summed E-state index contributed by atoms with van der Waals surface area (Å²) in [6, 6.07) is 18.8. The molecule has 29 heavy (non-hydrogen) atoms. The van der Waals surface area contributed by atoms with E-state index in [2.05, 4.69) is 52.4 Å². The molecule has 0 spiro atoms. The van der Waals surface area contributed by atoms with E-state index in [-0.39, 0.29) is 5.91 Å². The molecular formula is C24H29N3O2. The maximum Gasteiger partial charge on any atom is 0.251 e. The molecule has 0 saturated carbocycles. The maximum atomic E-state index is 12.8. The molecule has 1 N–H and O–H groups in total. The molecule has 0 aliphatic carbocycles. The summed E-state index contributed by atoms with van der Waals surface area (Å²) in [4.78, 5) is 17.6. The lowest BCUT2D eigenvalue weighted by Gasteiger charge is -2.39. The number of benzene rings is 2. The van der Waals surface area contributed by atoms with Crippen molar-refractivity contribution >= 4 is 11.6 Å². The first kappa shape index (κ1) is 19.5. The van der Waals surface area contributed by atoms with Gasteiger partial charge in [0.2, 0.25) is 0 Å². The fraction of sp³-hybridized carbons (Fsp3) is 0.375. The van der Waals surface area contributed by atoms with Crippen LogP contribution < -0.4 is 15.0 Å². The Bertz CT molecular complexity index is 886. The van der Waals surface area contributed by atoms with Crippen molar-refractivity contribution in [3.05, 3.63) is 71.5 Å². The van der Waals surface area contributed by atoms with Crippen LogP contribution in [0.25, 0.3) is 0 Å². The Labute approximate surface area is 173 Å². The van der Waals surface area contributed by atoms with Gasteiger partial charge in [0.15, 0.2) is 0 Å². The lowest BCUT2D eigenvalue weighted by molar-refractivity contribution is -0.118. The third-order valence-corrected chi connectivity index (χ3v) is 5.92. The topological polar surface area (TPSA) is 44.8 Å². The first-order valence-electron chi connectivity index (χ1n) is 10.4. The Morgan fingerprint density at radius 2 is 1.72 bits per heavy atom. The van der Waals surface area contributed by atoms with Gasteiger partial charge in [-0.3, -0.25) is 9.69 Å². The molecule has 2 aliphatic rings. The number of hydrogen-bond acceptors (Lipinski definition) is 4. The highest BCUT2D eigenvalue weighted by Gasteiger charge is 2.24. The molecule has 5 heteroatoms. The van der Waals surface area contributed by atoms with Crippen LogP contribution in [0.2, 0.25) is 0 Å². The molecule has 1 saturated heterocycles. The summed E-state index contributed by atoms with van der Waals surface area (Å²) in [6.07, 6.45) is 0.623. The summed E-state index contributed by atoms with van der Waals surface area (Å²) in [5, 5.41) is 3.12. The van der Waals surface area contributed by atoms with Crippen LogP contribution in [0.15, 0.2) is 65.9 Å². The number of rotatable bonds is 5. The molecule has 2 aromatic carbocycles. The van der Waals surface area contributed by atoms with Crippen LogP contribution in [0.1, 0.15) is 19.4 Å². The van der Waals surface area contributed by atoms with Gasteiger partial charge in [-0.2, -0.15) is 0 Å². The van der Waals surface area contributed by atoms with Crippen molar-refractivity contribution in [1.82, 2.24) is 10.2 Å². The largest absolute Gasteiger partial charge is 0.461 e. The Morgan fingerprint density at radius 1 is 1.03 bits per heavy atom. The maximum absolute atomic E-state index is 12.8. The van der Waals surface area contributed by atoms with Crippen molar-refractivity contribution in [3.63, 3.8) is 0 Å². The molecule has 152 valence electrons. The highest BCUT2D eigenvalue weighted by molar-refractivity contribution is 5.94. The second kappa shape index (κ2) is 8.70. The highest BCUT2D eigenvalue weighted by atomic mass is 16.5. The summed E-state index contributed by atoms with van der Waals surface area (Å²) in [6.45, 7) is 8.73. The average molecular weight is 392 g/mol. The summed E-state index contributed by atoms with van der Waals surface area (Å²) >= 11 is 0. The van der Waals surface area contributed by atoms with Crippen LogP contribution in [-0.2, 0) is 11.2 Å². The molecule has 1 atom stereocenters. The molecule has 2 aromatic rings. The normalized spacial score (nSPS) is 18.1. The monoisotopic (exact) mass is 391 g/mol. The van der Waals surface area contributed by atoms with Crippen molar-refractivity contribution in [2.24, 2.45) is 0 Å². The van der Waals surface area contributed by atoms with Crippen LogP contribution in [0.4, 0.5) is 5.69 Å². The minimum atomic E-state index is -0.0215. The fourth-order valence-electron chi connectivity index (χ4n) is 4.07. The molecule has 2 aliphatic heterocycles. The number of fused-ring (bicyclic) bond motifs is 1. The summed E-state index contributed by atoms with van der Waals surface area (Å²) in [5.41, 5.74) is 3.08. The summed E-state index contributed by atoms with van der Waals surface area (Å²) in [5.74, 6) is 1.53. The summed E-state index contributed by atoms with van der Waals surface area (Å²) in [7, 11) is 0. The Balaban J connectivity index is 1.28. The molecule has 5 nitrogen and oxygen atoms in total. The minimum absolute atomic E-state index is 0.0215. The molecule has 1 fully saturated rings. The third-order valence-electron chi connectivity index (χ3n) is 5.92. The number of carbonyl (C=O) groups excluding carboxylic acids is 1. The lowest BCUT2D eigenvalue weighted by Crippen LogP contribution is -2.52. The van der Waals surface area contributed by atoms with E-state index in [1.807, 2.05) is 31.2 Å². The van der Waals surface area contributed by atoms with Gasteiger partial charge < -0.3 is 15.0 Å². The van der Waals surface area contributed by atoms with Crippen molar-refractivity contribution in [3.8, 4) is 5.75 Å². The van der Waals surface area contributed by atoms with Gasteiger partial charge in [0.05, 0.1) is 5.57 Å². The molecule has 0 radical (unpaired) electrons. The lowest BCUT2D eigenvalue weighted by atomic mass is 10.00. The second-order valence-electron chi connectivity index (χ2n) is 7.84. The molecule has 4 rings (SSSR count). The Hall–Kier alpha value is -2.79. The number of piperazine rings is 1. The number of allylic oxidation sites excluding steroid dienone is 1. The SMILES string of the molecule is CC1=C(C(=O)NCC(C)N2CCN(c3ccccc3)CC2)Cc2ccccc2O1. The zero-order chi connectivity index (χ0) is 20.2. The van der Waals surface area contributed by atoms with E-state index >= 15 is 0 Å². The molecule has 1 amide bonds. The van der Waals surface area contributed by atoms with E-state index in [4.69, 9.17) is 4.74 Å². The molecular weight excluding hydrogens is 362 g/mol. The number of ether oxygens (including phenoxy) is 1. The number of para-hydroxylation sites is 2. The van der Waals surface area contributed by atoms with E-state index in [9.17, 15) is 4.79 Å². The zero-order valence-electron chi connectivity index (χ0n) is 17.2. The number of amides is 1. The predicted molar refractivity (Wildman–Crippen MR) is 116 cm³/mol. The van der Waals surface area contributed by atoms with E-state index in [0.717, 1.165) is 43.1 Å².